The molecule has 2 aromatic rings. The molecule has 0 aliphatic rings. The van der Waals surface area contributed by atoms with Crippen LogP contribution in [0.25, 0.3) is 0 Å². The maximum Gasteiger partial charge on any atom is 0.151 e. The fraction of sp³-hybridized carbons (Fsp3) is 0.133. The van der Waals surface area contributed by atoms with Gasteiger partial charge in [-0.3, -0.25) is 4.79 Å². The van der Waals surface area contributed by atoms with E-state index in [0.717, 1.165) is 23.2 Å². The lowest BCUT2D eigenvalue weighted by molar-refractivity contribution is 0.112. The maximum atomic E-state index is 10.9. The Balaban J connectivity index is 2.27. The first kappa shape index (κ1) is 11.9. The summed E-state index contributed by atoms with van der Waals surface area (Å²) in [4.78, 5) is 13.1. The minimum atomic E-state index is 0.749. The van der Waals surface area contributed by atoms with Crippen molar-refractivity contribution in [2.75, 3.05) is 0 Å². The molecule has 0 aliphatic carbocycles. The van der Waals surface area contributed by atoms with Crippen LogP contribution in [0.1, 0.15) is 22.8 Å². The number of hydrogen-bond acceptors (Lipinski definition) is 2. The molecule has 0 atom stereocenters. The first-order valence-electron chi connectivity index (χ1n) is 5.64. The zero-order chi connectivity index (χ0) is 12.1. The van der Waals surface area contributed by atoms with Gasteiger partial charge in [-0.25, -0.2) is 0 Å². The molecule has 2 aromatic carbocycles. The third-order valence-corrected chi connectivity index (χ3v) is 3.66. The average Bonchev–Trinajstić information content (AvgIpc) is 2.39. The summed E-state index contributed by atoms with van der Waals surface area (Å²) in [5.41, 5.74) is 2.07. The predicted molar refractivity (Wildman–Crippen MR) is 71.8 cm³/mol. The van der Waals surface area contributed by atoms with E-state index in [2.05, 4.69) is 31.2 Å². The lowest BCUT2D eigenvalue weighted by Gasteiger charge is -2.05. The quantitative estimate of drug-likeness (QED) is 0.747. The third kappa shape index (κ3) is 2.98. The zero-order valence-electron chi connectivity index (χ0n) is 9.72. The Morgan fingerprint density at radius 2 is 1.94 bits per heavy atom. The van der Waals surface area contributed by atoms with E-state index in [-0.39, 0.29) is 0 Å². The van der Waals surface area contributed by atoms with Crippen LogP contribution in [0.2, 0.25) is 0 Å². The average molecular weight is 242 g/mol. The highest BCUT2D eigenvalue weighted by Gasteiger charge is 2.03. The molecule has 0 aliphatic heterocycles. The largest absolute Gasteiger partial charge is 0.298 e. The molecule has 1 nitrogen and oxygen atoms in total. The topological polar surface area (TPSA) is 17.1 Å². The Bertz CT molecular complexity index is 520. The van der Waals surface area contributed by atoms with E-state index in [1.807, 2.05) is 24.3 Å². The second kappa shape index (κ2) is 5.69. The van der Waals surface area contributed by atoms with Gasteiger partial charge in [0.2, 0.25) is 0 Å². The molecule has 17 heavy (non-hydrogen) atoms. The summed E-state index contributed by atoms with van der Waals surface area (Å²) in [6, 6.07) is 16.1. The van der Waals surface area contributed by atoms with Crippen LogP contribution in [-0.2, 0) is 6.42 Å². The second-order valence-electron chi connectivity index (χ2n) is 3.76. The van der Waals surface area contributed by atoms with Crippen molar-refractivity contribution >= 4 is 18.0 Å². The Morgan fingerprint density at radius 3 is 2.71 bits per heavy atom. The van der Waals surface area contributed by atoms with Gasteiger partial charge in [-0.05, 0) is 30.2 Å². The smallest absolute Gasteiger partial charge is 0.151 e. The van der Waals surface area contributed by atoms with Gasteiger partial charge in [0.25, 0.3) is 0 Å². The van der Waals surface area contributed by atoms with Gasteiger partial charge < -0.3 is 0 Å². The molecule has 86 valence electrons. The number of aryl methyl sites for hydroxylation is 1. The Kier molecular flexibility index (Phi) is 3.99. The van der Waals surface area contributed by atoms with E-state index >= 15 is 0 Å². The summed E-state index contributed by atoms with van der Waals surface area (Å²) in [5.74, 6) is 0. The Hall–Kier alpha value is -1.54. The predicted octanol–water partition coefficient (Wildman–Crippen LogP) is 4.21. The normalized spacial score (nSPS) is 10.2. The Morgan fingerprint density at radius 1 is 1.12 bits per heavy atom. The van der Waals surface area contributed by atoms with E-state index in [1.165, 1.54) is 10.5 Å². The SMILES string of the molecule is CCc1cccc(Sc2ccccc2C=O)c1. The summed E-state index contributed by atoms with van der Waals surface area (Å²) in [6.45, 7) is 2.14. The van der Waals surface area contributed by atoms with Gasteiger partial charge in [-0.15, -0.1) is 0 Å². The molecule has 0 saturated carbocycles. The van der Waals surface area contributed by atoms with Crippen molar-refractivity contribution < 1.29 is 4.79 Å². The van der Waals surface area contributed by atoms with E-state index in [9.17, 15) is 4.79 Å². The van der Waals surface area contributed by atoms with Crippen LogP contribution in [0.4, 0.5) is 0 Å². The molecule has 2 heteroatoms. The fourth-order valence-corrected chi connectivity index (χ4v) is 2.62. The molecule has 0 amide bonds. The molecule has 0 saturated heterocycles. The van der Waals surface area contributed by atoms with Crippen LogP contribution < -0.4 is 0 Å². The van der Waals surface area contributed by atoms with Gasteiger partial charge >= 0.3 is 0 Å². The van der Waals surface area contributed by atoms with Crippen LogP contribution >= 0.6 is 11.8 Å². The van der Waals surface area contributed by atoms with Crippen molar-refractivity contribution in [3.63, 3.8) is 0 Å². The van der Waals surface area contributed by atoms with Crippen LogP contribution in [0, 0.1) is 0 Å². The third-order valence-electron chi connectivity index (χ3n) is 2.58. The summed E-state index contributed by atoms with van der Waals surface area (Å²) >= 11 is 1.64. The van der Waals surface area contributed by atoms with Crippen molar-refractivity contribution in [2.24, 2.45) is 0 Å². The monoisotopic (exact) mass is 242 g/mol. The van der Waals surface area contributed by atoms with Crippen LogP contribution in [-0.4, -0.2) is 6.29 Å². The van der Waals surface area contributed by atoms with Gasteiger partial charge in [0.05, 0.1) is 0 Å². The summed E-state index contributed by atoms with van der Waals surface area (Å²) in [6.07, 6.45) is 1.94. The number of hydrogen-bond donors (Lipinski definition) is 0. The van der Waals surface area contributed by atoms with Crippen molar-refractivity contribution in [1.82, 2.24) is 0 Å². The van der Waals surface area contributed by atoms with Gasteiger partial charge in [0, 0.05) is 15.4 Å². The molecule has 0 N–H and O–H groups in total. The molecule has 0 heterocycles. The maximum absolute atomic E-state index is 10.9. The summed E-state index contributed by atoms with van der Waals surface area (Å²) in [7, 11) is 0. The van der Waals surface area contributed by atoms with E-state index in [1.54, 1.807) is 11.8 Å². The first-order chi connectivity index (χ1) is 8.33. The number of rotatable bonds is 4. The van der Waals surface area contributed by atoms with E-state index in [4.69, 9.17) is 0 Å². The molecule has 0 aromatic heterocycles. The summed E-state index contributed by atoms with van der Waals surface area (Å²) < 4.78 is 0. The minimum absolute atomic E-state index is 0.749. The molecular formula is C15H14OS. The van der Waals surface area contributed by atoms with Crippen molar-refractivity contribution in [1.29, 1.82) is 0 Å². The van der Waals surface area contributed by atoms with Crippen molar-refractivity contribution in [2.45, 2.75) is 23.1 Å². The molecular weight excluding hydrogens is 228 g/mol. The molecule has 2 rings (SSSR count). The number of benzene rings is 2. The number of carbonyl (C=O) groups excluding carboxylic acids is 1. The lowest BCUT2D eigenvalue weighted by atomic mass is 10.2. The highest BCUT2D eigenvalue weighted by atomic mass is 32.2. The van der Waals surface area contributed by atoms with Crippen LogP contribution in [0.15, 0.2) is 58.3 Å². The van der Waals surface area contributed by atoms with Crippen molar-refractivity contribution in [3.05, 3.63) is 59.7 Å². The standard InChI is InChI=1S/C15H14OS/c1-2-12-6-5-8-14(10-12)17-15-9-4-3-7-13(15)11-16/h3-11H,2H2,1H3. The van der Waals surface area contributed by atoms with E-state index in [0.29, 0.717) is 0 Å². The minimum Gasteiger partial charge on any atom is -0.298 e. The highest BCUT2D eigenvalue weighted by Crippen LogP contribution is 2.30. The number of carbonyl (C=O) groups is 1. The number of aldehydes is 1. The van der Waals surface area contributed by atoms with Crippen LogP contribution in [0.5, 0.6) is 0 Å². The molecule has 0 bridgehead atoms. The summed E-state index contributed by atoms with van der Waals surface area (Å²) in [5, 5.41) is 0. The highest BCUT2D eigenvalue weighted by molar-refractivity contribution is 7.99. The van der Waals surface area contributed by atoms with Crippen LogP contribution in [0.3, 0.4) is 0 Å². The van der Waals surface area contributed by atoms with Gasteiger partial charge in [0.1, 0.15) is 0 Å². The molecule has 0 radical (unpaired) electrons. The zero-order valence-corrected chi connectivity index (χ0v) is 10.5. The van der Waals surface area contributed by atoms with Gasteiger partial charge in [-0.2, -0.15) is 0 Å². The van der Waals surface area contributed by atoms with Gasteiger partial charge in [0.15, 0.2) is 6.29 Å². The van der Waals surface area contributed by atoms with Gasteiger partial charge in [-0.1, -0.05) is 49.0 Å². The fourth-order valence-electron chi connectivity index (χ4n) is 1.63. The first-order valence-corrected chi connectivity index (χ1v) is 6.46. The van der Waals surface area contributed by atoms with E-state index < -0.39 is 0 Å². The molecule has 0 fully saturated rings. The lowest BCUT2D eigenvalue weighted by Crippen LogP contribution is -1.85. The second-order valence-corrected chi connectivity index (χ2v) is 4.87. The van der Waals surface area contributed by atoms with Crippen molar-refractivity contribution in [3.8, 4) is 0 Å². The molecule has 0 spiro atoms. The Labute approximate surface area is 106 Å². The molecule has 0 unspecified atom stereocenters.